The summed E-state index contributed by atoms with van der Waals surface area (Å²) in [7, 11) is 3.10. The molecule has 1 saturated heterocycles. The van der Waals surface area contributed by atoms with Gasteiger partial charge in [0.1, 0.15) is 11.8 Å². The average molecular weight is 428 g/mol. The highest BCUT2D eigenvalue weighted by Crippen LogP contribution is 2.25. The highest BCUT2D eigenvalue weighted by molar-refractivity contribution is 5.98. The van der Waals surface area contributed by atoms with E-state index in [2.05, 4.69) is 15.6 Å². The maximum absolute atomic E-state index is 12.8. The van der Waals surface area contributed by atoms with Crippen LogP contribution in [0.1, 0.15) is 57.5 Å². The zero-order valence-corrected chi connectivity index (χ0v) is 17.9. The predicted molar refractivity (Wildman–Crippen MR) is 115 cm³/mol. The summed E-state index contributed by atoms with van der Waals surface area (Å²) in [6, 6.07) is 12.7. The standard InChI is InChI=1S/C23H29N3O5/c1-24-23(28)19-15-17(22(27)25-11-6-10-20-30-12-7-13-31-20)14-18(26-19)21(29-2)16-8-4-3-5-9-16/h3-5,8-9,14-15,20-21H,6-7,10-13H2,1-2H3,(H,24,28)(H,25,27)/t21-/m1/s1. The largest absolute Gasteiger partial charge is 0.370 e. The molecule has 0 radical (unpaired) electrons. The van der Waals surface area contributed by atoms with Gasteiger partial charge >= 0.3 is 0 Å². The molecule has 0 aliphatic carbocycles. The van der Waals surface area contributed by atoms with E-state index < -0.39 is 6.10 Å². The van der Waals surface area contributed by atoms with E-state index in [0.717, 1.165) is 18.4 Å². The van der Waals surface area contributed by atoms with E-state index in [1.807, 2.05) is 30.3 Å². The second kappa shape index (κ2) is 11.5. The monoisotopic (exact) mass is 427 g/mol. The molecule has 2 heterocycles. The molecule has 2 aromatic rings. The minimum atomic E-state index is -0.502. The topological polar surface area (TPSA) is 98.8 Å². The first-order valence-electron chi connectivity index (χ1n) is 10.5. The fraction of sp³-hybridized carbons (Fsp3) is 0.435. The quantitative estimate of drug-likeness (QED) is 0.597. The number of methoxy groups -OCH3 is 1. The van der Waals surface area contributed by atoms with Gasteiger partial charge in [-0.25, -0.2) is 4.98 Å². The molecule has 0 spiro atoms. The zero-order valence-electron chi connectivity index (χ0n) is 17.9. The summed E-state index contributed by atoms with van der Waals surface area (Å²) >= 11 is 0. The van der Waals surface area contributed by atoms with Crippen LogP contribution in [0, 0.1) is 0 Å². The van der Waals surface area contributed by atoms with Gasteiger partial charge in [0.05, 0.1) is 18.9 Å². The Kier molecular flexibility index (Phi) is 8.52. The third kappa shape index (κ3) is 6.33. The Morgan fingerprint density at radius 1 is 1.16 bits per heavy atom. The molecule has 0 unspecified atom stereocenters. The van der Waals surface area contributed by atoms with Crippen LogP contribution < -0.4 is 10.6 Å². The van der Waals surface area contributed by atoms with Crippen LogP contribution in [0.3, 0.4) is 0 Å². The lowest BCUT2D eigenvalue weighted by atomic mass is 10.0. The number of hydrogen-bond donors (Lipinski definition) is 2. The first-order chi connectivity index (χ1) is 15.1. The molecule has 2 amide bonds. The Hall–Kier alpha value is -2.81. The lowest BCUT2D eigenvalue weighted by Gasteiger charge is -2.23. The summed E-state index contributed by atoms with van der Waals surface area (Å²) in [6.07, 6.45) is 1.65. The van der Waals surface area contributed by atoms with Gasteiger partial charge < -0.3 is 24.8 Å². The van der Waals surface area contributed by atoms with Gasteiger partial charge in [0.2, 0.25) is 0 Å². The van der Waals surface area contributed by atoms with Crippen LogP contribution in [0.15, 0.2) is 42.5 Å². The second-order valence-corrected chi connectivity index (χ2v) is 7.19. The number of amides is 2. The number of carbonyl (C=O) groups excluding carboxylic acids is 2. The minimum absolute atomic E-state index is 0.159. The number of pyridine rings is 1. The predicted octanol–water partition coefficient (Wildman–Crippen LogP) is 2.45. The van der Waals surface area contributed by atoms with Gasteiger partial charge in [-0.1, -0.05) is 30.3 Å². The fourth-order valence-corrected chi connectivity index (χ4v) is 3.39. The van der Waals surface area contributed by atoms with Crippen molar-refractivity contribution in [2.75, 3.05) is 33.9 Å². The van der Waals surface area contributed by atoms with Crippen molar-refractivity contribution in [3.05, 3.63) is 65.0 Å². The number of ether oxygens (including phenoxy) is 3. The maximum atomic E-state index is 12.8. The number of nitrogens with zero attached hydrogens (tertiary/aromatic N) is 1. The van der Waals surface area contributed by atoms with Gasteiger partial charge in [0.25, 0.3) is 11.8 Å². The minimum Gasteiger partial charge on any atom is -0.370 e. The summed E-state index contributed by atoms with van der Waals surface area (Å²) in [4.78, 5) is 29.5. The smallest absolute Gasteiger partial charge is 0.269 e. The third-order valence-corrected chi connectivity index (χ3v) is 4.97. The Morgan fingerprint density at radius 2 is 1.90 bits per heavy atom. The molecule has 1 aromatic heterocycles. The average Bonchev–Trinajstić information content (AvgIpc) is 2.83. The van der Waals surface area contributed by atoms with Crippen molar-refractivity contribution in [1.29, 1.82) is 0 Å². The van der Waals surface area contributed by atoms with Crippen LogP contribution >= 0.6 is 0 Å². The van der Waals surface area contributed by atoms with Crippen LogP contribution in [-0.4, -0.2) is 57.0 Å². The van der Waals surface area contributed by atoms with E-state index >= 15 is 0 Å². The summed E-state index contributed by atoms with van der Waals surface area (Å²) in [5, 5.41) is 5.45. The molecular weight excluding hydrogens is 398 g/mol. The normalized spacial score (nSPS) is 15.3. The Labute approximate surface area is 182 Å². The van der Waals surface area contributed by atoms with Gasteiger partial charge in [-0.3, -0.25) is 9.59 Å². The van der Waals surface area contributed by atoms with E-state index in [1.165, 1.54) is 13.1 Å². The van der Waals surface area contributed by atoms with Crippen LogP contribution in [0.4, 0.5) is 0 Å². The molecule has 3 rings (SSSR count). The van der Waals surface area contributed by atoms with Crippen LogP contribution in [0.2, 0.25) is 0 Å². The number of aromatic nitrogens is 1. The SMILES string of the molecule is CNC(=O)c1cc(C(=O)NCCCC2OCCCO2)cc([C@H](OC)c2ccccc2)n1. The summed E-state index contributed by atoms with van der Waals surface area (Å²) in [5.41, 5.74) is 1.88. The van der Waals surface area contributed by atoms with Gasteiger partial charge in [-0.05, 0) is 30.5 Å². The maximum Gasteiger partial charge on any atom is 0.269 e. The molecule has 1 aliphatic heterocycles. The lowest BCUT2D eigenvalue weighted by molar-refractivity contribution is -0.181. The zero-order chi connectivity index (χ0) is 22.1. The Balaban J connectivity index is 1.73. The van der Waals surface area contributed by atoms with E-state index in [1.54, 1.807) is 13.2 Å². The number of carbonyl (C=O) groups is 2. The van der Waals surface area contributed by atoms with Crippen molar-refractivity contribution in [1.82, 2.24) is 15.6 Å². The second-order valence-electron chi connectivity index (χ2n) is 7.19. The fourth-order valence-electron chi connectivity index (χ4n) is 3.39. The van der Waals surface area contributed by atoms with Gasteiger partial charge in [-0.15, -0.1) is 0 Å². The van der Waals surface area contributed by atoms with Crippen molar-refractivity contribution < 1.29 is 23.8 Å². The molecule has 1 aromatic carbocycles. The number of hydrogen-bond acceptors (Lipinski definition) is 6. The molecule has 1 fully saturated rings. The first-order valence-corrected chi connectivity index (χ1v) is 10.5. The van der Waals surface area contributed by atoms with Crippen molar-refractivity contribution in [3.63, 3.8) is 0 Å². The van der Waals surface area contributed by atoms with Crippen molar-refractivity contribution in [2.45, 2.75) is 31.7 Å². The van der Waals surface area contributed by atoms with Crippen molar-refractivity contribution in [2.24, 2.45) is 0 Å². The Bertz CT molecular complexity index is 869. The third-order valence-electron chi connectivity index (χ3n) is 4.97. The molecule has 31 heavy (non-hydrogen) atoms. The molecule has 1 aliphatic rings. The lowest BCUT2D eigenvalue weighted by Crippen LogP contribution is -2.29. The van der Waals surface area contributed by atoms with E-state index in [0.29, 0.717) is 37.4 Å². The molecule has 8 nitrogen and oxygen atoms in total. The van der Waals surface area contributed by atoms with Crippen LogP contribution in [0.5, 0.6) is 0 Å². The Morgan fingerprint density at radius 3 is 2.58 bits per heavy atom. The molecule has 0 saturated carbocycles. The molecule has 1 atom stereocenters. The van der Waals surface area contributed by atoms with Crippen molar-refractivity contribution >= 4 is 11.8 Å². The highest BCUT2D eigenvalue weighted by atomic mass is 16.7. The van der Waals surface area contributed by atoms with E-state index in [-0.39, 0.29) is 23.8 Å². The summed E-state index contributed by atoms with van der Waals surface area (Å²) < 4.78 is 16.7. The number of nitrogens with one attached hydrogen (secondary N) is 2. The number of rotatable bonds is 9. The first kappa shape index (κ1) is 22.9. The van der Waals surface area contributed by atoms with Gasteiger partial charge in [-0.2, -0.15) is 0 Å². The molecule has 166 valence electrons. The van der Waals surface area contributed by atoms with Crippen molar-refractivity contribution in [3.8, 4) is 0 Å². The van der Waals surface area contributed by atoms with E-state index in [4.69, 9.17) is 14.2 Å². The molecule has 0 bridgehead atoms. The van der Waals surface area contributed by atoms with E-state index in [9.17, 15) is 9.59 Å². The van der Waals surface area contributed by atoms with Crippen LogP contribution in [-0.2, 0) is 14.2 Å². The molecule has 8 heteroatoms. The van der Waals surface area contributed by atoms with Gasteiger partial charge in [0, 0.05) is 32.7 Å². The molecule has 2 N–H and O–H groups in total. The highest BCUT2D eigenvalue weighted by Gasteiger charge is 2.21. The summed E-state index contributed by atoms with van der Waals surface area (Å²) in [6.45, 7) is 1.89. The molecular formula is C23H29N3O5. The van der Waals surface area contributed by atoms with Crippen LogP contribution in [0.25, 0.3) is 0 Å². The summed E-state index contributed by atoms with van der Waals surface area (Å²) in [5.74, 6) is -0.646. The van der Waals surface area contributed by atoms with Gasteiger partial charge in [0.15, 0.2) is 6.29 Å². The number of benzene rings is 1.